The maximum atomic E-state index is 6.10. The zero-order valence-corrected chi connectivity index (χ0v) is 13.7. The lowest BCUT2D eigenvalue weighted by atomic mass is 10.0. The molecular weight excluding hydrogens is 324 g/mol. The van der Waals surface area contributed by atoms with Gasteiger partial charge >= 0.3 is 0 Å². The minimum absolute atomic E-state index is 0.287. The summed E-state index contributed by atoms with van der Waals surface area (Å²) in [6, 6.07) is 17.5. The average Bonchev–Trinajstić information content (AvgIpc) is 2.73. The van der Waals surface area contributed by atoms with Crippen LogP contribution in [0.2, 0.25) is 0 Å². The number of nitrogens with two attached hydrogens (primary N) is 1. The topological polar surface area (TPSA) is 29.3 Å². The van der Waals surface area contributed by atoms with Crippen molar-refractivity contribution in [3.63, 3.8) is 0 Å². The van der Waals surface area contributed by atoms with E-state index in [4.69, 9.17) is 5.73 Å². The number of hydrogen-bond donors (Lipinski definition) is 1. The first kappa shape index (κ1) is 14.8. The lowest BCUT2D eigenvalue weighted by Crippen LogP contribution is -2.35. The van der Waals surface area contributed by atoms with Gasteiger partial charge in [0.15, 0.2) is 0 Å². The SMILES string of the molecule is NCC(c1ccccc1Br)N1CCc2ccccc2CC1. The first-order valence-corrected chi connectivity index (χ1v) is 8.34. The Labute approximate surface area is 135 Å². The zero-order valence-electron chi connectivity index (χ0n) is 12.1. The highest BCUT2D eigenvalue weighted by Crippen LogP contribution is 2.29. The number of hydrogen-bond acceptors (Lipinski definition) is 2. The van der Waals surface area contributed by atoms with Crippen LogP contribution in [0.3, 0.4) is 0 Å². The van der Waals surface area contributed by atoms with Gasteiger partial charge in [-0.25, -0.2) is 0 Å². The number of benzene rings is 2. The second-order valence-electron chi connectivity index (χ2n) is 5.58. The summed E-state index contributed by atoms with van der Waals surface area (Å²) in [5.74, 6) is 0. The first-order valence-electron chi connectivity index (χ1n) is 7.55. The second-order valence-corrected chi connectivity index (χ2v) is 6.43. The largest absolute Gasteiger partial charge is 0.329 e. The monoisotopic (exact) mass is 344 g/mol. The fourth-order valence-electron chi connectivity index (χ4n) is 3.21. The van der Waals surface area contributed by atoms with Gasteiger partial charge in [0, 0.05) is 30.1 Å². The molecule has 0 aliphatic carbocycles. The van der Waals surface area contributed by atoms with Crippen LogP contribution in [0.1, 0.15) is 22.7 Å². The Morgan fingerprint density at radius 1 is 0.952 bits per heavy atom. The van der Waals surface area contributed by atoms with Crippen molar-refractivity contribution in [2.24, 2.45) is 5.73 Å². The lowest BCUT2D eigenvalue weighted by molar-refractivity contribution is 0.211. The van der Waals surface area contributed by atoms with Crippen LogP contribution in [0.5, 0.6) is 0 Å². The van der Waals surface area contributed by atoms with Crippen molar-refractivity contribution < 1.29 is 0 Å². The van der Waals surface area contributed by atoms with E-state index < -0.39 is 0 Å². The number of halogens is 1. The Bertz CT molecular complexity index is 585. The van der Waals surface area contributed by atoms with Gasteiger partial charge in [-0.3, -0.25) is 4.90 Å². The normalized spacial score (nSPS) is 17.0. The molecular formula is C18H21BrN2. The van der Waals surface area contributed by atoms with Gasteiger partial charge in [-0.05, 0) is 35.6 Å². The van der Waals surface area contributed by atoms with E-state index >= 15 is 0 Å². The molecule has 0 aromatic heterocycles. The Morgan fingerprint density at radius 2 is 1.52 bits per heavy atom. The molecule has 0 saturated heterocycles. The first-order chi connectivity index (χ1) is 10.3. The van der Waals surface area contributed by atoms with Gasteiger partial charge in [-0.15, -0.1) is 0 Å². The highest BCUT2D eigenvalue weighted by atomic mass is 79.9. The summed E-state index contributed by atoms with van der Waals surface area (Å²) in [5, 5.41) is 0. The van der Waals surface area contributed by atoms with Gasteiger partial charge in [-0.1, -0.05) is 58.4 Å². The molecule has 1 atom stereocenters. The molecule has 21 heavy (non-hydrogen) atoms. The Morgan fingerprint density at radius 3 is 2.10 bits per heavy atom. The Balaban J connectivity index is 1.82. The highest BCUT2D eigenvalue weighted by Gasteiger charge is 2.23. The van der Waals surface area contributed by atoms with E-state index in [1.54, 1.807) is 0 Å². The fourth-order valence-corrected chi connectivity index (χ4v) is 3.76. The molecule has 2 nitrogen and oxygen atoms in total. The molecule has 1 aliphatic heterocycles. The Hall–Kier alpha value is -1.16. The molecule has 0 spiro atoms. The fraction of sp³-hybridized carbons (Fsp3) is 0.333. The molecule has 3 heteroatoms. The molecule has 1 aliphatic rings. The molecule has 110 valence electrons. The molecule has 3 rings (SSSR count). The third-order valence-corrected chi connectivity index (χ3v) is 5.11. The van der Waals surface area contributed by atoms with E-state index in [0.717, 1.165) is 30.4 Å². The van der Waals surface area contributed by atoms with Gasteiger partial charge < -0.3 is 5.73 Å². The van der Waals surface area contributed by atoms with E-state index in [1.165, 1.54) is 16.7 Å². The van der Waals surface area contributed by atoms with Crippen molar-refractivity contribution in [1.82, 2.24) is 4.90 Å². The number of fused-ring (bicyclic) bond motifs is 1. The lowest BCUT2D eigenvalue weighted by Gasteiger charge is -2.30. The molecule has 0 fully saturated rings. The standard InChI is InChI=1S/C18H21BrN2/c19-17-8-4-3-7-16(17)18(13-20)21-11-9-14-5-1-2-6-15(14)10-12-21/h1-8,18H,9-13,20H2. The third kappa shape index (κ3) is 3.20. The summed E-state index contributed by atoms with van der Waals surface area (Å²) in [4.78, 5) is 2.53. The van der Waals surface area contributed by atoms with Gasteiger partial charge in [0.05, 0.1) is 0 Å². The summed E-state index contributed by atoms with van der Waals surface area (Å²) in [6.45, 7) is 2.79. The molecule has 2 N–H and O–H groups in total. The van der Waals surface area contributed by atoms with Crippen LogP contribution in [-0.4, -0.2) is 24.5 Å². The summed E-state index contributed by atoms with van der Waals surface area (Å²) >= 11 is 3.67. The van der Waals surface area contributed by atoms with E-state index in [2.05, 4.69) is 69.4 Å². The number of nitrogens with zero attached hydrogens (tertiary/aromatic N) is 1. The minimum atomic E-state index is 0.287. The molecule has 0 radical (unpaired) electrons. The van der Waals surface area contributed by atoms with Crippen LogP contribution in [0.4, 0.5) is 0 Å². The van der Waals surface area contributed by atoms with E-state index in [-0.39, 0.29) is 6.04 Å². The Kier molecular flexibility index (Phi) is 4.73. The molecule has 1 unspecified atom stereocenters. The maximum absolute atomic E-state index is 6.10. The quantitative estimate of drug-likeness (QED) is 0.922. The van der Waals surface area contributed by atoms with Gasteiger partial charge in [0.2, 0.25) is 0 Å². The van der Waals surface area contributed by atoms with E-state index in [0.29, 0.717) is 6.54 Å². The molecule has 2 aromatic rings. The molecule has 0 bridgehead atoms. The van der Waals surface area contributed by atoms with Crippen LogP contribution < -0.4 is 5.73 Å². The average molecular weight is 345 g/mol. The predicted octanol–water partition coefficient (Wildman–Crippen LogP) is 3.55. The van der Waals surface area contributed by atoms with E-state index in [9.17, 15) is 0 Å². The summed E-state index contributed by atoms with van der Waals surface area (Å²) in [7, 11) is 0. The van der Waals surface area contributed by atoms with Crippen LogP contribution >= 0.6 is 15.9 Å². The van der Waals surface area contributed by atoms with Gasteiger partial charge in [0.1, 0.15) is 0 Å². The van der Waals surface area contributed by atoms with Crippen molar-refractivity contribution in [1.29, 1.82) is 0 Å². The minimum Gasteiger partial charge on any atom is -0.329 e. The van der Waals surface area contributed by atoms with Crippen molar-refractivity contribution in [3.8, 4) is 0 Å². The third-order valence-electron chi connectivity index (χ3n) is 4.38. The van der Waals surface area contributed by atoms with Crippen LogP contribution in [0.25, 0.3) is 0 Å². The molecule has 0 saturated carbocycles. The second kappa shape index (κ2) is 6.73. The van der Waals surface area contributed by atoms with E-state index in [1.807, 2.05) is 0 Å². The molecule has 0 amide bonds. The summed E-state index contributed by atoms with van der Waals surface area (Å²) in [5.41, 5.74) is 10.4. The van der Waals surface area contributed by atoms with Gasteiger partial charge in [-0.2, -0.15) is 0 Å². The van der Waals surface area contributed by atoms with Crippen molar-refractivity contribution >= 4 is 15.9 Å². The molecule has 2 aromatic carbocycles. The van der Waals surface area contributed by atoms with Crippen molar-refractivity contribution in [2.45, 2.75) is 18.9 Å². The maximum Gasteiger partial charge on any atom is 0.0481 e. The van der Waals surface area contributed by atoms with Crippen LogP contribution in [-0.2, 0) is 12.8 Å². The predicted molar refractivity (Wildman–Crippen MR) is 91.4 cm³/mol. The number of rotatable bonds is 3. The van der Waals surface area contributed by atoms with Crippen molar-refractivity contribution in [3.05, 3.63) is 69.7 Å². The molecule has 1 heterocycles. The summed E-state index contributed by atoms with van der Waals surface area (Å²) in [6.07, 6.45) is 2.22. The highest BCUT2D eigenvalue weighted by molar-refractivity contribution is 9.10. The zero-order chi connectivity index (χ0) is 14.7. The van der Waals surface area contributed by atoms with Gasteiger partial charge in [0.25, 0.3) is 0 Å². The smallest absolute Gasteiger partial charge is 0.0481 e. The van der Waals surface area contributed by atoms with Crippen LogP contribution in [0, 0.1) is 0 Å². The van der Waals surface area contributed by atoms with Crippen molar-refractivity contribution in [2.75, 3.05) is 19.6 Å². The summed E-state index contributed by atoms with van der Waals surface area (Å²) < 4.78 is 1.15. The van der Waals surface area contributed by atoms with Crippen LogP contribution in [0.15, 0.2) is 53.0 Å².